The van der Waals surface area contributed by atoms with Crippen molar-refractivity contribution in [2.75, 3.05) is 28.4 Å². The summed E-state index contributed by atoms with van der Waals surface area (Å²) < 4.78 is 21.4. The van der Waals surface area contributed by atoms with Gasteiger partial charge in [0, 0.05) is 11.8 Å². The lowest BCUT2D eigenvalue weighted by atomic mass is 10.1. The molecule has 0 spiro atoms. The number of aromatic nitrogens is 1. The molecule has 0 radical (unpaired) electrons. The molecule has 130 valence electrons. The third-order valence-corrected chi connectivity index (χ3v) is 4.03. The number of fused-ring (bicyclic) bond motifs is 1. The van der Waals surface area contributed by atoms with Crippen molar-refractivity contribution in [3.63, 3.8) is 0 Å². The van der Waals surface area contributed by atoms with Crippen molar-refractivity contribution in [2.45, 2.75) is 0 Å². The van der Waals surface area contributed by atoms with Gasteiger partial charge < -0.3 is 23.9 Å². The summed E-state index contributed by atoms with van der Waals surface area (Å²) >= 11 is 0. The first-order valence-corrected chi connectivity index (χ1v) is 7.63. The number of ether oxygens (including phenoxy) is 4. The minimum absolute atomic E-state index is 0.140. The molecule has 2 aromatic carbocycles. The summed E-state index contributed by atoms with van der Waals surface area (Å²) in [5, 5.41) is 0.465. The molecule has 0 saturated carbocycles. The molecule has 6 heteroatoms. The van der Waals surface area contributed by atoms with Crippen molar-refractivity contribution < 1.29 is 18.9 Å². The van der Waals surface area contributed by atoms with Crippen molar-refractivity contribution in [3.8, 4) is 34.3 Å². The first-order valence-electron chi connectivity index (χ1n) is 7.63. The number of benzene rings is 2. The molecule has 0 amide bonds. The van der Waals surface area contributed by atoms with Gasteiger partial charge in [-0.2, -0.15) is 0 Å². The third-order valence-electron chi connectivity index (χ3n) is 4.03. The largest absolute Gasteiger partial charge is 0.497 e. The number of pyridine rings is 1. The number of hydrogen-bond acceptors (Lipinski definition) is 5. The molecule has 0 unspecified atom stereocenters. The maximum atomic E-state index is 12.6. The molecular weight excluding hydrogens is 322 g/mol. The molecule has 1 aromatic heterocycles. The normalized spacial score (nSPS) is 10.6. The van der Waals surface area contributed by atoms with Gasteiger partial charge in [-0.3, -0.25) is 4.79 Å². The average molecular weight is 341 g/mol. The van der Waals surface area contributed by atoms with E-state index in [-0.39, 0.29) is 5.43 Å². The van der Waals surface area contributed by atoms with E-state index in [2.05, 4.69) is 4.98 Å². The molecule has 0 aliphatic heterocycles. The van der Waals surface area contributed by atoms with Crippen molar-refractivity contribution in [1.29, 1.82) is 0 Å². The van der Waals surface area contributed by atoms with Crippen LogP contribution in [0.15, 0.2) is 41.2 Å². The van der Waals surface area contributed by atoms with Gasteiger partial charge >= 0.3 is 0 Å². The second-order valence-corrected chi connectivity index (χ2v) is 5.34. The highest BCUT2D eigenvalue weighted by molar-refractivity contribution is 5.91. The number of aromatic amines is 1. The molecular formula is C19H19NO5. The summed E-state index contributed by atoms with van der Waals surface area (Å²) in [6.07, 6.45) is 0. The standard InChI is InChI=1S/C19H19NO5/c1-22-12-7-5-11(6-8-12)14-10-15(21)13-9-16(23-2)18(24-3)19(25-4)17(13)20-14/h5-10H,1-4H3,(H,20,21). The summed E-state index contributed by atoms with van der Waals surface area (Å²) in [7, 11) is 6.17. The van der Waals surface area contributed by atoms with E-state index in [1.165, 1.54) is 21.3 Å². The Labute approximate surface area is 144 Å². The molecule has 3 rings (SSSR count). The fourth-order valence-electron chi connectivity index (χ4n) is 2.78. The Morgan fingerprint density at radius 1 is 0.800 bits per heavy atom. The Morgan fingerprint density at radius 3 is 2.04 bits per heavy atom. The van der Waals surface area contributed by atoms with Crippen LogP contribution in [0.25, 0.3) is 22.2 Å². The quantitative estimate of drug-likeness (QED) is 0.771. The molecule has 3 aromatic rings. The number of methoxy groups -OCH3 is 4. The highest BCUT2D eigenvalue weighted by atomic mass is 16.5. The van der Waals surface area contributed by atoms with Crippen molar-refractivity contribution in [1.82, 2.24) is 4.98 Å². The zero-order valence-corrected chi connectivity index (χ0v) is 14.5. The Bertz CT molecular complexity index is 960. The Hall–Kier alpha value is -3.15. The minimum atomic E-state index is -0.140. The van der Waals surface area contributed by atoms with Gasteiger partial charge in [0.25, 0.3) is 0 Å². The van der Waals surface area contributed by atoms with Crippen LogP contribution in [-0.4, -0.2) is 33.4 Å². The van der Waals surface area contributed by atoms with Gasteiger partial charge in [-0.15, -0.1) is 0 Å². The Kier molecular flexibility index (Phi) is 4.52. The van der Waals surface area contributed by atoms with Gasteiger partial charge in [0.05, 0.1) is 39.3 Å². The van der Waals surface area contributed by atoms with Crippen molar-refractivity contribution in [2.24, 2.45) is 0 Å². The zero-order chi connectivity index (χ0) is 18.0. The summed E-state index contributed by atoms with van der Waals surface area (Å²) in [4.78, 5) is 15.9. The van der Waals surface area contributed by atoms with E-state index in [0.717, 1.165) is 11.3 Å². The average Bonchev–Trinajstić information content (AvgIpc) is 2.66. The van der Waals surface area contributed by atoms with E-state index >= 15 is 0 Å². The molecule has 0 aliphatic carbocycles. The second-order valence-electron chi connectivity index (χ2n) is 5.34. The van der Waals surface area contributed by atoms with Crippen molar-refractivity contribution >= 4 is 10.9 Å². The summed E-state index contributed by atoms with van der Waals surface area (Å²) in [6, 6.07) is 10.6. The maximum absolute atomic E-state index is 12.6. The van der Waals surface area contributed by atoms with Crippen LogP contribution < -0.4 is 24.4 Å². The van der Waals surface area contributed by atoms with Gasteiger partial charge in [-0.25, -0.2) is 0 Å². The topological polar surface area (TPSA) is 69.8 Å². The van der Waals surface area contributed by atoms with Gasteiger partial charge in [-0.05, 0) is 35.9 Å². The van der Waals surface area contributed by atoms with Crippen LogP contribution in [0.1, 0.15) is 0 Å². The predicted molar refractivity (Wildman–Crippen MR) is 96.2 cm³/mol. The van der Waals surface area contributed by atoms with Gasteiger partial charge in [0.2, 0.25) is 5.75 Å². The van der Waals surface area contributed by atoms with Crippen LogP contribution >= 0.6 is 0 Å². The SMILES string of the molecule is COc1ccc(-c2cc(=O)c3cc(OC)c(OC)c(OC)c3[nH]2)cc1. The second kappa shape index (κ2) is 6.76. The van der Waals surface area contributed by atoms with E-state index in [1.807, 2.05) is 24.3 Å². The van der Waals surface area contributed by atoms with Gasteiger partial charge in [-0.1, -0.05) is 0 Å². The molecule has 0 aliphatic rings. The summed E-state index contributed by atoms with van der Waals surface area (Å²) in [5.74, 6) is 2.04. The fraction of sp³-hybridized carbons (Fsp3) is 0.211. The summed E-state index contributed by atoms with van der Waals surface area (Å²) in [5.41, 5.74) is 1.94. The number of H-pyrrole nitrogens is 1. The first-order chi connectivity index (χ1) is 12.1. The molecule has 0 atom stereocenters. The number of nitrogens with one attached hydrogen (secondary N) is 1. The molecule has 6 nitrogen and oxygen atoms in total. The molecule has 25 heavy (non-hydrogen) atoms. The van der Waals surface area contributed by atoms with E-state index < -0.39 is 0 Å². The van der Waals surface area contributed by atoms with Gasteiger partial charge in [0.1, 0.15) is 5.75 Å². The van der Waals surface area contributed by atoms with Gasteiger partial charge in [0.15, 0.2) is 16.9 Å². The summed E-state index contributed by atoms with van der Waals surface area (Å²) in [6.45, 7) is 0. The number of hydrogen-bond donors (Lipinski definition) is 1. The molecule has 1 heterocycles. The monoisotopic (exact) mass is 341 g/mol. The van der Waals surface area contributed by atoms with E-state index in [4.69, 9.17) is 18.9 Å². The van der Waals surface area contributed by atoms with Crippen LogP contribution in [0.3, 0.4) is 0 Å². The van der Waals surface area contributed by atoms with Crippen LogP contribution in [-0.2, 0) is 0 Å². The lowest BCUT2D eigenvalue weighted by Gasteiger charge is -2.15. The van der Waals surface area contributed by atoms with E-state index in [9.17, 15) is 4.79 Å². The zero-order valence-electron chi connectivity index (χ0n) is 14.5. The third kappa shape index (κ3) is 2.87. The van der Waals surface area contributed by atoms with Crippen LogP contribution in [0, 0.1) is 0 Å². The smallest absolute Gasteiger partial charge is 0.205 e. The Morgan fingerprint density at radius 2 is 1.48 bits per heavy atom. The Balaban J connectivity index is 2.28. The molecule has 0 bridgehead atoms. The van der Waals surface area contributed by atoms with Crippen molar-refractivity contribution in [3.05, 3.63) is 46.6 Å². The van der Waals surface area contributed by atoms with E-state index in [1.54, 1.807) is 19.2 Å². The highest BCUT2D eigenvalue weighted by Crippen LogP contribution is 2.42. The lowest BCUT2D eigenvalue weighted by molar-refractivity contribution is 0.327. The highest BCUT2D eigenvalue weighted by Gasteiger charge is 2.18. The van der Waals surface area contributed by atoms with Crippen LogP contribution in [0.4, 0.5) is 0 Å². The van der Waals surface area contributed by atoms with Crippen LogP contribution in [0.2, 0.25) is 0 Å². The number of rotatable bonds is 5. The maximum Gasteiger partial charge on any atom is 0.205 e. The van der Waals surface area contributed by atoms with Crippen LogP contribution in [0.5, 0.6) is 23.0 Å². The minimum Gasteiger partial charge on any atom is -0.497 e. The molecule has 0 saturated heterocycles. The fourth-order valence-corrected chi connectivity index (χ4v) is 2.78. The lowest BCUT2D eigenvalue weighted by Crippen LogP contribution is -2.06. The molecule has 1 N–H and O–H groups in total. The van der Waals surface area contributed by atoms with E-state index in [0.29, 0.717) is 33.8 Å². The molecule has 0 fully saturated rings. The predicted octanol–water partition coefficient (Wildman–Crippen LogP) is 3.23. The first kappa shape index (κ1) is 16.7.